The second-order valence-electron chi connectivity index (χ2n) is 4.12. The molecular formula is C12H15N. The molecule has 0 bridgehead atoms. The van der Waals surface area contributed by atoms with Gasteiger partial charge in [-0.25, -0.2) is 0 Å². The Balaban J connectivity index is 2.16. The molecule has 1 heterocycles. The number of aromatic amines is 1. The Kier molecular flexibility index (Phi) is 1.58. The fourth-order valence-electron chi connectivity index (χ4n) is 2.60. The van der Waals surface area contributed by atoms with Crippen LogP contribution in [-0.2, 0) is 19.3 Å². The van der Waals surface area contributed by atoms with Crippen molar-refractivity contribution in [2.24, 2.45) is 0 Å². The van der Waals surface area contributed by atoms with Crippen molar-refractivity contribution in [1.82, 2.24) is 4.98 Å². The van der Waals surface area contributed by atoms with Crippen molar-refractivity contribution in [3.63, 3.8) is 0 Å². The van der Waals surface area contributed by atoms with Crippen LogP contribution in [0.1, 0.15) is 41.8 Å². The molecule has 13 heavy (non-hydrogen) atoms. The number of hydrogen-bond donors (Lipinski definition) is 1. The summed E-state index contributed by atoms with van der Waals surface area (Å²) in [6, 6.07) is 0. The Morgan fingerprint density at radius 1 is 1.00 bits per heavy atom. The van der Waals surface area contributed by atoms with Gasteiger partial charge in [0.2, 0.25) is 0 Å². The van der Waals surface area contributed by atoms with Crippen LogP contribution in [-0.4, -0.2) is 4.98 Å². The molecular weight excluding hydrogens is 158 g/mol. The third-order valence-corrected chi connectivity index (χ3v) is 3.27. The SMILES string of the molecule is C1=Cc2c([nH]c3c2CCCC3)CC1. The van der Waals surface area contributed by atoms with Crippen LogP contribution in [0.25, 0.3) is 6.08 Å². The summed E-state index contributed by atoms with van der Waals surface area (Å²) in [6.45, 7) is 0. The topological polar surface area (TPSA) is 15.8 Å². The third kappa shape index (κ3) is 1.06. The highest BCUT2D eigenvalue weighted by atomic mass is 14.7. The molecule has 2 aliphatic rings. The highest BCUT2D eigenvalue weighted by Crippen LogP contribution is 2.30. The zero-order valence-electron chi connectivity index (χ0n) is 7.90. The molecule has 2 aliphatic carbocycles. The van der Waals surface area contributed by atoms with Gasteiger partial charge in [0.25, 0.3) is 0 Å². The van der Waals surface area contributed by atoms with Crippen LogP contribution >= 0.6 is 0 Å². The molecule has 0 unspecified atom stereocenters. The summed E-state index contributed by atoms with van der Waals surface area (Å²) >= 11 is 0. The van der Waals surface area contributed by atoms with Gasteiger partial charge >= 0.3 is 0 Å². The molecule has 0 radical (unpaired) electrons. The van der Waals surface area contributed by atoms with Crippen LogP contribution < -0.4 is 0 Å². The first-order valence-electron chi connectivity index (χ1n) is 5.34. The van der Waals surface area contributed by atoms with E-state index in [4.69, 9.17) is 0 Å². The minimum absolute atomic E-state index is 1.21. The molecule has 1 N–H and O–H groups in total. The van der Waals surface area contributed by atoms with Crippen molar-refractivity contribution in [3.8, 4) is 0 Å². The third-order valence-electron chi connectivity index (χ3n) is 3.27. The number of H-pyrrole nitrogens is 1. The van der Waals surface area contributed by atoms with Gasteiger partial charge in [-0.2, -0.15) is 0 Å². The number of aryl methyl sites for hydroxylation is 2. The van der Waals surface area contributed by atoms with E-state index >= 15 is 0 Å². The minimum atomic E-state index is 1.21. The van der Waals surface area contributed by atoms with Gasteiger partial charge in [-0.05, 0) is 49.7 Å². The molecule has 68 valence electrons. The van der Waals surface area contributed by atoms with E-state index in [0.29, 0.717) is 0 Å². The van der Waals surface area contributed by atoms with Crippen molar-refractivity contribution < 1.29 is 0 Å². The van der Waals surface area contributed by atoms with E-state index in [0.717, 1.165) is 0 Å². The molecule has 1 heteroatoms. The summed E-state index contributed by atoms with van der Waals surface area (Å²) in [5.74, 6) is 0. The van der Waals surface area contributed by atoms with Gasteiger partial charge in [0.1, 0.15) is 0 Å². The van der Waals surface area contributed by atoms with Crippen molar-refractivity contribution in [2.45, 2.75) is 38.5 Å². The molecule has 1 aromatic heterocycles. The predicted molar refractivity (Wildman–Crippen MR) is 54.8 cm³/mol. The van der Waals surface area contributed by atoms with E-state index in [2.05, 4.69) is 17.1 Å². The monoisotopic (exact) mass is 173 g/mol. The fraction of sp³-hybridized carbons (Fsp3) is 0.500. The van der Waals surface area contributed by atoms with E-state index in [1.54, 1.807) is 5.56 Å². The zero-order valence-corrected chi connectivity index (χ0v) is 7.90. The lowest BCUT2D eigenvalue weighted by atomic mass is 9.92. The molecule has 0 atom stereocenters. The highest BCUT2D eigenvalue weighted by Gasteiger charge is 2.18. The first kappa shape index (κ1) is 7.43. The van der Waals surface area contributed by atoms with Crippen molar-refractivity contribution >= 4 is 6.08 Å². The molecule has 0 saturated heterocycles. The number of allylic oxidation sites excluding steroid dienone is 1. The average molecular weight is 173 g/mol. The first-order valence-corrected chi connectivity index (χ1v) is 5.34. The lowest BCUT2D eigenvalue weighted by Crippen LogP contribution is -2.01. The maximum Gasteiger partial charge on any atom is 0.0228 e. The van der Waals surface area contributed by atoms with Gasteiger partial charge in [0, 0.05) is 11.4 Å². The van der Waals surface area contributed by atoms with Gasteiger partial charge < -0.3 is 4.98 Å². The Bertz CT molecular complexity index is 357. The van der Waals surface area contributed by atoms with E-state index < -0.39 is 0 Å². The Morgan fingerprint density at radius 3 is 2.92 bits per heavy atom. The average Bonchev–Trinajstić information content (AvgIpc) is 2.56. The Labute approximate surface area is 78.9 Å². The molecule has 0 spiro atoms. The van der Waals surface area contributed by atoms with Crippen LogP contribution in [0.3, 0.4) is 0 Å². The van der Waals surface area contributed by atoms with Gasteiger partial charge in [0.15, 0.2) is 0 Å². The van der Waals surface area contributed by atoms with Crippen LogP contribution in [0.15, 0.2) is 6.08 Å². The zero-order chi connectivity index (χ0) is 8.67. The molecule has 0 amide bonds. The van der Waals surface area contributed by atoms with Gasteiger partial charge in [-0.15, -0.1) is 0 Å². The largest absolute Gasteiger partial charge is 0.362 e. The van der Waals surface area contributed by atoms with Gasteiger partial charge in [-0.1, -0.05) is 12.2 Å². The molecule has 0 aromatic carbocycles. The normalized spacial score (nSPS) is 19.7. The maximum atomic E-state index is 3.60. The molecule has 0 saturated carbocycles. The number of fused-ring (bicyclic) bond motifs is 3. The predicted octanol–water partition coefficient (Wildman–Crippen LogP) is 2.85. The van der Waals surface area contributed by atoms with Crippen molar-refractivity contribution in [2.75, 3.05) is 0 Å². The second-order valence-corrected chi connectivity index (χ2v) is 4.12. The smallest absolute Gasteiger partial charge is 0.0228 e. The number of nitrogens with one attached hydrogen (secondary N) is 1. The quantitative estimate of drug-likeness (QED) is 0.621. The van der Waals surface area contributed by atoms with Crippen LogP contribution in [0.2, 0.25) is 0 Å². The fourth-order valence-corrected chi connectivity index (χ4v) is 2.60. The lowest BCUT2D eigenvalue weighted by molar-refractivity contribution is 0.676. The maximum absolute atomic E-state index is 3.60. The summed E-state index contributed by atoms with van der Waals surface area (Å²) in [7, 11) is 0. The molecule has 0 aliphatic heterocycles. The molecule has 1 nitrogen and oxygen atoms in total. The van der Waals surface area contributed by atoms with Crippen LogP contribution in [0, 0.1) is 0 Å². The summed E-state index contributed by atoms with van der Waals surface area (Å²) in [4.78, 5) is 3.60. The summed E-state index contributed by atoms with van der Waals surface area (Å²) < 4.78 is 0. The Morgan fingerprint density at radius 2 is 1.92 bits per heavy atom. The van der Waals surface area contributed by atoms with Crippen molar-refractivity contribution in [3.05, 3.63) is 28.6 Å². The van der Waals surface area contributed by atoms with E-state index in [1.165, 1.54) is 55.5 Å². The van der Waals surface area contributed by atoms with Gasteiger partial charge in [0.05, 0.1) is 0 Å². The molecule has 3 rings (SSSR count). The van der Waals surface area contributed by atoms with E-state index in [9.17, 15) is 0 Å². The second kappa shape index (κ2) is 2.76. The van der Waals surface area contributed by atoms with Crippen LogP contribution in [0.5, 0.6) is 0 Å². The number of aromatic nitrogens is 1. The number of rotatable bonds is 0. The highest BCUT2D eigenvalue weighted by molar-refractivity contribution is 5.61. The standard InChI is InChI=1S/C12H15N/c1-3-7-11-9(5-1)10-6-2-4-8-12(10)13-11/h1,5,13H,2-4,6-8H2. The minimum Gasteiger partial charge on any atom is -0.362 e. The van der Waals surface area contributed by atoms with E-state index in [1.807, 2.05) is 0 Å². The Hall–Kier alpha value is -0.980. The van der Waals surface area contributed by atoms with Gasteiger partial charge in [-0.3, -0.25) is 0 Å². The molecule has 0 fully saturated rings. The summed E-state index contributed by atoms with van der Waals surface area (Å²) in [6.07, 6.45) is 12.4. The van der Waals surface area contributed by atoms with Crippen molar-refractivity contribution in [1.29, 1.82) is 0 Å². The molecule has 1 aromatic rings. The van der Waals surface area contributed by atoms with Crippen LogP contribution in [0.4, 0.5) is 0 Å². The number of hydrogen-bond acceptors (Lipinski definition) is 0. The van der Waals surface area contributed by atoms with E-state index in [-0.39, 0.29) is 0 Å². The summed E-state index contributed by atoms with van der Waals surface area (Å²) in [5.41, 5.74) is 6.18. The lowest BCUT2D eigenvalue weighted by Gasteiger charge is -2.11. The first-order chi connectivity index (χ1) is 6.45. The summed E-state index contributed by atoms with van der Waals surface area (Å²) in [5, 5.41) is 0.